The van der Waals surface area contributed by atoms with Crippen molar-refractivity contribution < 1.29 is 4.28 Å². The highest BCUT2D eigenvalue weighted by Gasteiger charge is 1.91. The Balaban J connectivity index is 0.000000400. The second-order valence-corrected chi connectivity index (χ2v) is 5.29. The molecule has 0 bridgehead atoms. The van der Waals surface area contributed by atoms with E-state index in [0.717, 1.165) is 21.9 Å². The second kappa shape index (κ2) is 8.81. The minimum Gasteiger partial charge on any atom is -0.397 e. The van der Waals surface area contributed by atoms with Gasteiger partial charge in [-0.25, -0.2) is 0 Å². The van der Waals surface area contributed by atoms with E-state index in [1.807, 2.05) is 18.2 Å². The lowest BCUT2D eigenvalue weighted by Gasteiger charge is -1.93. The van der Waals surface area contributed by atoms with Crippen LogP contribution >= 0.6 is 0 Å². The molecule has 9 heteroatoms. The van der Waals surface area contributed by atoms with Gasteiger partial charge >= 0.3 is 0 Å². The third-order valence-corrected chi connectivity index (χ3v) is 3.49. The first-order valence-electron chi connectivity index (χ1n) is 7.95. The SMILES string of the molecule is N=Cc1ccncc1N.[HH].[HH].[HH].c1cc2[nH]ncc2cn1.c1cnc2cn[nH]c2c1. The normalized spacial score (nSPS) is 9.78. The largest absolute Gasteiger partial charge is 0.397 e. The van der Waals surface area contributed by atoms with Gasteiger partial charge in [-0.2, -0.15) is 10.2 Å². The number of aromatic nitrogens is 7. The number of hydrogen-bond acceptors (Lipinski definition) is 7. The molecular formula is C18H23N9. The van der Waals surface area contributed by atoms with Gasteiger partial charge in [-0.05, 0) is 24.3 Å². The van der Waals surface area contributed by atoms with Crippen LogP contribution in [-0.2, 0) is 0 Å². The summed E-state index contributed by atoms with van der Waals surface area (Å²) in [5, 5.41) is 21.2. The number of rotatable bonds is 1. The zero-order valence-electron chi connectivity index (χ0n) is 14.2. The molecule has 0 aromatic carbocycles. The van der Waals surface area contributed by atoms with Gasteiger partial charge in [-0.3, -0.25) is 25.1 Å². The van der Waals surface area contributed by atoms with Crippen molar-refractivity contribution in [3.05, 3.63) is 73.2 Å². The minimum absolute atomic E-state index is 0. The summed E-state index contributed by atoms with van der Waals surface area (Å²) in [7, 11) is 0. The monoisotopic (exact) mass is 365 g/mol. The smallest absolute Gasteiger partial charge is 0.108 e. The number of nitrogens with one attached hydrogen (secondary N) is 3. The molecule has 0 spiro atoms. The molecular weight excluding hydrogens is 342 g/mol. The highest BCUT2D eigenvalue weighted by atomic mass is 15.1. The van der Waals surface area contributed by atoms with Gasteiger partial charge < -0.3 is 11.1 Å². The summed E-state index contributed by atoms with van der Waals surface area (Å²) in [6, 6.07) is 7.40. The molecule has 0 unspecified atom stereocenters. The van der Waals surface area contributed by atoms with Crippen LogP contribution in [0.15, 0.2) is 67.6 Å². The summed E-state index contributed by atoms with van der Waals surface area (Å²) in [4.78, 5) is 11.7. The van der Waals surface area contributed by atoms with Crippen molar-refractivity contribution in [3.63, 3.8) is 0 Å². The quantitative estimate of drug-likeness (QED) is 0.335. The molecule has 0 amide bonds. The number of fused-ring (bicyclic) bond motifs is 2. The van der Waals surface area contributed by atoms with Crippen LogP contribution < -0.4 is 5.73 Å². The van der Waals surface area contributed by atoms with Crippen molar-refractivity contribution in [2.75, 3.05) is 5.73 Å². The summed E-state index contributed by atoms with van der Waals surface area (Å²) in [5.74, 6) is 0. The van der Waals surface area contributed by atoms with E-state index in [1.54, 1.807) is 43.2 Å². The molecule has 5 N–H and O–H groups in total. The first-order valence-corrected chi connectivity index (χ1v) is 7.95. The maximum atomic E-state index is 6.85. The number of pyridine rings is 3. The van der Waals surface area contributed by atoms with Crippen molar-refractivity contribution in [3.8, 4) is 0 Å². The van der Waals surface area contributed by atoms with Gasteiger partial charge in [0, 0.05) is 46.2 Å². The van der Waals surface area contributed by atoms with Crippen LogP contribution in [0.25, 0.3) is 21.9 Å². The number of H-pyrrole nitrogens is 2. The second-order valence-electron chi connectivity index (χ2n) is 5.29. The number of nitrogens with two attached hydrogens (primary N) is 1. The van der Waals surface area contributed by atoms with E-state index >= 15 is 0 Å². The molecule has 0 aliphatic heterocycles. The van der Waals surface area contributed by atoms with E-state index in [9.17, 15) is 0 Å². The fraction of sp³-hybridized carbons (Fsp3) is 0. The maximum absolute atomic E-state index is 6.85. The number of nitrogen functional groups attached to an aromatic ring is 1. The van der Waals surface area contributed by atoms with Crippen LogP contribution in [0, 0.1) is 5.41 Å². The summed E-state index contributed by atoms with van der Waals surface area (Å²) in [6.45, 7) is 0. The fourth-order valence-electron chi connectivity index (χ4n) is 2.11. The van der Waals surface area contributed by atoms with Crippen LogP contribution in [0.1, 0.15) is 9.84 Å². The number of hydrogen-bond donors (Lipinski definition) is 4. The third-order valence-electron chi connectivity index (χ3n) is 3.49. The van der Waals surface area contributed by atoms with Gasteiger partial charge in [0.25, 0.3) is 0 Å². The highest BCUT2D eigenvalue weighted by Crippen LogP contribution is 2.05. The predicted molar refractivity (Wildman–Crippen MR) is 111 cm³/mol. The van der Waals surface area contributed by atoms with Crippen molar-refractivity contribution in [2.24, 2.45) is 0 Å². The van der Waals surface area contributed by atoms with Gasteiger partial charge in [0.1, 0.15) is 5.52 Å². The zero-order valence-corrected chi connectivity index (χ0v) is 14.2. The predicted octanol–water partition coefficient (Wildman–Crippen LogP) is 3.32. The molecule has 140 valence electrons. The maximum Gasteiger partial charge on any atom is 0.108 e. The Hall–Kier alpha value is -4.14. The van der Waals surface area contributed by atoms with Gasteiger partial charge in [-0.1, -0.05) is 0 Å². The van der Waals surface area contributed by atoms with Gasteiger partial charge in [-0.15, -0.1) is 0 Å². The lowest BCUT2D eigenvalue weighted by atomic mass is 10.2. The number of aromatic amines is 2. The number of nitrogens with zero attached hydrogens (tertiary/aromatic N) is 5. The first-order chi connectivity index (χ1) is 13.3. The standard InChI is InChI=1S/2C6H5N3.C6H7N3.3H2/c1-2-7-3-5-4-8-9-6(1)5;1-2-5-6(7-3-1)4-8-9-5;7-3-5-1-2-9-4-6(5)8;;;/h2*1-4H,(H,8,9);1-4,7H,8H2;3*1H. The third kappa shape index (κ3) is 4.69. The van der Waals surface area contributed by atoms with Crippen LogP contribution in [0.5, 0.6) is 0 Å². The van der Waals surface area contributed by atoms with Crippen molar-refractivity contribution in [2.45, 2.75) is 0 Å². The molecule has 5 rings (SSSR count). The Morgan fingerprint density at radius 1 is 0.889 bits per heavy atom. The van der Waals surface area contributed by atoms with Gasteiger partial charge in [0.15, 0.2) is 0 Å². The Labute approximate surface area is 158 Å². The van der Waals surface area contributed by atoms with Crippen molar-refractivity contribution >= 4 is 33.8 Å². The zero-order chi connectivity index (χ0) is 18.9. The lowest BCUT2D eigenvalue weighted by Crippen LogP contribution is -1.92. The fourth-order valence-corrected chi connectivity index (χ4v) is 2.11. The van der Waals surface area contributed by atoms with Crippen LogP contribution in [0.3, 0.4) is 0 Å². The van der Waals surface area contributed by atoms with E-state index in [1.165, 1.54) is 12.4 Å². The molecule has 0 atom stereocenters. The Morgan fingerprint density at radius 3 is 2.41 bits per heavy atom. The van der Waals surface area contributed by atoms with E-state index < -0.39 is 0 Å². The molecule has 0 saturated carbocycles. The van der Waals surface area contributed by atoms with Crippen LogP contribution in [0.2, 0.25) is 0 Å². The number of anilines is 1. The van der Waals surface area contributed by atoms with Crippen LogP contribution in [-0.4, -0.2) is 41.6 Å². The highest BCUT2D eigenvalue weighted by molar-refractivity contribution is 5.84. The Kier molecular flexibility index (Phi) is 5.77. The summed E-state index contributed by atoms with van der Waals surface area (Å²) < 4.78 is 0. The molecule has 5 aromatic heterocycles. The topological polar surface area (TPSA) is 146 Å². The molecule has 27 heavy (non-hydrogen) atoms. The molecule has 0 aliphatic carbocycles. The summed E-state index contributed by atoms with van der Waals surface area (Å²) >= 11 is 0. The molecule has 0 fully saturated rings. The minimum atomic E-state index is 0. The molecule has 5 aromatic rings. The van der Waals surface area contributed by atoms with E-state index in [-0.39, 0.29) is 4.28 Å². The van der Waals surface area contributed by atoms with Crippen molar-refractivity contribution in [1.82, 2.24) is 35.3 Å². The van der Waals surface area contributed by atoms with Crippen molar-refractivity contribution in [1.29, 1.82) is 5.41 Å². The first kappa shape index (κ1) is 17.7. The lowest BCUT2D eigenvalue weighted by molar-refractivity contribution is 1.12. The van der Waals surface area contributed by atoms with E-state index in [0.29, 0.717) is 11.3 Å². The average Bonchev–Trinajstić information content (AvgIpc) is 3.38. The van der Waals surface area contributed by atoms with E-state index in [4.69, 9.17) is 11.1 Å². The molecule has 0 saturated heterocycles. The Morgan fingerprint density at radius 2 is 1.67 bits per heavy atom. The summed E-state index contributed by atoms with van der Waals surface area (Å²) in [5.41, 5.74) is 9.61. The van der Waals surface area contributed by atoms with Crippen LogP contribution in [0.4, 0.5) is 5.69 Å². The molecule has 0 aliphatic rings. The summed E-state index contributed by atoms with van der Waals surface area (Å²) in [6.07, 6.45) is 13.1. The van der Waals surface area contributed by atoms with Gasteiger partial charge in [0.2, 0.25) is 0 Å². The van der Waals surface area contributed by atoms with E-state index in [2.05, 4.69) is 35.3 Å². The molecule has 0 radical (unpaired) electrons. The Bertz CT molecular complexity index is 1020. The average molecular weight is 365 g/mol. The molecule has 9 nitrogen and oxygen atoms in total. The van der Waals surface area contributed by atoms with Gasteiger partial charge in [0.05, 0.1) is 35.3 Å². The molecule has 5 heterocycles.